The fraction of sp³-hybridized carbons (Fsp3) is 0.0588. The van der Waals surface area contributed by atoms with E-state index < -0.39 is 0 Å². The van der Waals surface area contributed by atoms with Crippen molar-refractivity contribution in [3.63, 3.8) is 0 Å². The molecule has 3 rings (SSSR count). The first kappa shape index (κ1) is 13.5. The lowest BCUT2D eigenvalue weighted by molar-refractivity contribution is 0.538. The van der Waals surface area contributed by atoms with Crippen LogP contribution in [0.3, 0.4) is 0 Å². The number of rotatable bonds is 4. The maximum atomic E-state index is 8.79. The second kappa shape index (κ2) is 6.29. The first-order chi connectivity index (χ1) is 10.3. The van der Waals surface area contributed by atoms with Crippen LogP contribution in [0, 0.1) is 11.3 Å². The van der Waals surface area contributed by atoms with Crippen LogP contribution in [0.5, 0.6) is 0 Å². The van der Waals surface area contributed by atoms with Crippen LogP contribution in [0.4, 0.5) is 0 Å². The molecule has 0 radical (unpaired) electrons. The number of aromatic nitrogens is 1. The van der Waals surface area contributed by atoms with Gasteiger partial charge in [-0.3, -0.25) is 0 Å². The molecule has 0 atom stereocenters. The number of hydrogen-bond donors (Lipinski definition) is 0. The number of nitrogens with zero attached hydrogens (tertiary/aromatic N) is 2. The van der Waals surface area contributed by atoms with Crippen LogP contribution in [0.15, 0.2) is 70.1 Å². The molecule has 0 fully saturated rings. The zero-order valence-corrected chi connectivity index (χ0v) is 12.0. The Morgan fingerprint density at radius 2 is 1.81 bits per heavy atom. The third-order valence-electron chi connectivity index (χ3n) is 2.94. The first-order valence-corrected chi connectivity index (χ1v) is 7.47. The highest BCUT2D eigenvalue weighted by molar-refractivity contribution is 7.98. The number of benzene rings is 2. The fourth-order valence-electron chi connectivity index (χ4n) is 1.87. The fourth-order valence-corrected chi connectivity index (χ4v) is 2.66. The van der Waals surface area contributed by atoms with Crippen molar-refractivity contribution in [3.8, 4) is 17.5 Å². The molecular formula is C17H12N2OS. The van der Waals surface area contributed by atoms with Gasteiger partial charge in [-0.1, -0.05) is 18.2 Å². The molecule has 0 saturated heterocycles. The Labute approximate surface area is 127 Å². The molecule has 2 aromatic carbocycles. The van der Waals surface area contributed by atoms with Gasteiger partial charge in [0.2, 0.25) is 5.89 Å². The minimum atomic E-state index is 0.586. The van der Waals surface area contributed by atoms with E-state index in [-0.39, 0.29) is 0 Å². The van der Waals surface area contributed by atoms with Crippen molar-refractivity contribution >= 4 is 11.8 Å². The van der Waals surface area contributed by atoms with Gasteiger partial charge in [0, 0.05) is 10.5 Å². The van der Waals surface area contributed by atoms with E-state index in [9.17, 15) is 0 Å². The van der Waals surface area contributed by atoms with Gasteiger partial charge in [0.25, 0.3) is 0 Å². The third kappa shape index (κ3) is 3.33. The van der Waals surface area contributed by atoms with Crippen molar-refractivity contribution in [2.24, 2.45) is 0 Å². The van der Waals surface area contributed by atoms with E-state index in [0.29, 0.717) is 11.5 Å². The molecule has 4 heteroatoms. The Bertz CT molecular complexity index is 757. The summed E-state index contributed by atoms with van der Waals surface area (Å²) in [6, 6.07) is 19.5. The summed E-state index contributed by atoms with van der Waals surface area (Å²) in [7, 11) is 0. The number of thioether (sulfide) groups is 1. The van der Waals surface area contributed by atoms with Crippen molar-refractivity contribution in [2.45, 2.75) is 10.6 Å². The van der Waals surface area contributed by atoms with Crippen LogP contribution >= 0.6 is 11.8 Å². The molecule has 0 N–H and O–H groups in total. The van der Waals surface area contributed by atoms with E-state index in [1.807, 2.05) is 30.3 Å². The monoisotopic (exact) mass is 292 g/mol. The van der Waals surface area contributed by atoms with Gasteiger partial charge in [-0.2, -0.15) is 5.26 Å². The Morgan fingerprint density at radius 1 is 1.05 bits per heavy atom. The summed E-state index contributed by atoms with van der Waals surface area (Å²) in [5, 5.41) is 8.79. The minimum Gasteiger partial charge on any atom is -0.440 e. The minimum absolute atomic E-state index is 0.586. The summed E-state index contributed by atoms with van der Waals surface area (Å²) in [6.07, 6.45) is 1.75. The largest absolute Gasteiger partial charge is 0.440 e. The smallest absolute Gasteiger partial charge is 0.226 e. The van der Waals surface area contributed by atoms with Gasteiger partial charge < -0.3 is 4.42 Å². The lowest BCUT2D eigenvalue weighted by atomic mass is 10.1. The van der Waals surface area contributed by atoms with Gasteiger partial charge in [-0.25, -0.2) is 4.98 Å². The maximum Gasteiger partial charge on any atom is 0.226 e. The second-order valence-corrected chi connectivity index (χ2v) is 5.47. The van der Waals surface area contributed by atoms with Gasteiger partial charge in [-0.05, 0) is 36.4 Å². The zero-order chi connectivity index (χ0) is 14.5. The SMILES string of the molecule is N#Cc1ccc(-c2ncc(CSc3ccccc3)o2)cc1. The number of oxazole rings is 1. The highest BCUT2D eigenvalue weighted by atomic mass is 32.2. The Hall–Kier alpha value is -2.51. The molecule has 1 heterocycles. The van der Waals surface area contributed by atoms with Crippen molar-refractivity contribution in [1.29, 1.82) is 5.26 Å². The maximum absolute atomic E-state index is 8.79. The van der Waals surface area contributed by atoms with Crippen LogP contribution < -0.4 is 0 Å². The molecular weight excluding hydrogens is 280 g/mol. The van der Waals surface area contributed by atoms with Gasteiger partial charge in [-0.15, -0.1) is 11.8 Å². The van der Waals surface area contributed by atoms with Crippen LogP contribution in [-0.2, 0) is 5.75 Å². The first-order valence-electron chi connectivity index (χ1n) is 6.48. The second-order valence-electron chi connectivity index (χ2n) is 4.42. The molecule has 0 bridgehead atoms. The van der Waals surface area contributed by atoms with Crippen LogP contribution in [0.1, 0.15) is 11.3 Å². The van der Waals surface area contributed by atoms with Gasteiger partial charge in [0.05, 0.1) is 23.6 Å². The van der Waals surface area contributed by atoms with Crippen molar-refractivity contribution in [2.75, 3.05) is 0 Å². The van der Waals surface area contributed by atoms with E-state index in [2.05, 4.69) is 23.2 Å². The van der Waals surface area contributed by atoms with Crippen molar-refractivity contribution in [1.82, 2.24) is 4.98 Å². The number of hydrogen-bond acceptors (Lipinski definition) is 4. The van der Waals surface area contributed by atoms with Gasteiger partial charge in [0.1, 0.15) is 5.76 Å². The lowest BCUT2D eigenvalue weighted by Crippen LogP contribution is -1.78. The predicted molar refractivity (Wildman–Crippen MR) is 82.7 cm³/mol. The van der Waals surface area contributed by atoms with Crippen LogP contribution in [0.2, 0.25) is 0 Å². The molecule has 0 amide bonds. The lowest BCUT2D eigenvalue weighted by Gasteiger charge is -1.98. The van der Waals surface area contributed by atoms with Crippen LogP contribution in [-0.4, -0.2) is 4.98 Å². The summed E-state index contributed by atoms with van der Waals surface area (Å²) in [6.45, 7) is 0. The average molecular weight is 292 g/mol. The van der Waals surface area contributed by atoms with Crippen molar-refractivity contribution in [3.05, 3.63) is 72.1 Å². The topological polar surface area (TPSA) is 49.8 Å². The molecule has 3 nitrogen and oxygen atoms in total. The molecule has 0 aliphatic heterocycles. The molecule has 21 heavy (non-hydrogen) atoms. The summed E-state index contributed by atoms with van der Waals surface area (Å²) < 4.78 is 5.75. The highest BCUT2D eigenvalue weighted by Crippen LogP contribution is 2.25. The summed E-state index contributed by atoms with van der Waals surface area (Å²) in [5.41, 5.74) is 1.51. The standard InChI is InChI=1S/C17H12N2OS/c18-10-13-6-8-14(9-7-13)17-19-11-15(20-17)12-21-16-4-2-1-3-5-16/h1-9,11H,12H2. The normalized spacial score (nSPS) is 10.2. The molecule has 0 saturated carbocycles. The average Bonchev–Trinajstić information content (AvgIpc) is 3.03. The Morgan fingerprint density at radius 3 is 2.52 bits per heavy atom. The van der Waals surface area contributed by atoms with E-state index in [1.54, 1.807) is 30.1 Å². The summed E-state index contributed by atoms with van der Waals surface area (Å²) in [5.74, 6) is 2.17. The van der Waals surface area contributed by atoms with Gasteiger partial charge >= 0.3 is 0 Å². The van der Waals surface area contributed by atoms with E-state index >= 15 is 0 Å². The molecule has 0 aliphatic carbocycles. The molecule has 0 spiro atoms. The number of nitriles is 1. The van der Waals surface area contributed by atoms with Gasteiger partial charge in [0.15, 0.2) is 0 Å². The van der Waals surface area contributed by atoms with Crippen molar-refractivity contribution < 1.29 is 4.42 Å². The zero-order valence-electron chi connectivity index (χ0n) is 11.2. The van der Waals surface area contributed by atoms with E-state index in [0.717, 1.165) is 17.1 Å². The molecule has 0 unspecified atom stereocenters. The molecule has 1 aromatic heterocycles. The highest BCUT2D eigenvalue weighted by Gasteiger charge is 2.07. The molecule has 3 aromatic rings. The molecule has 102 valence electrons. The summed E-state index contributed by atoms with van der Waals surface area (Å²) >= 11 is 1.71. The quantitative estimate of drug-likeness (QED) is 0.664. The Balaban J connectivity index is 1.69. The third-order valence-corrected chi connectivity index (χ3v) is 3.97. The Kier molecular flexibility index (Phi) is 4.04. The summed E-state index contributed by atoms with van der Waals surface area (Å²) in [4.78, 5) is 5.49. The van der Waals surface area contributed by atoms with Crippen LogP contribution in [0.25, 0.3) is 11.5 Å². The van der Waals surface area contributed by atoms with E-state index in [1.165, 1.54) is 4.90 Å². The predicted octanol–water partition coefficient (Wildman–Crippen LogP) is 4.51. The van der Waals surface area contributed by atoms with E-state index in [4.69, 9.17) is 9.68 Å². The molecule has 0 aliphatic rings.